The second kappa shape index (κ2) is 7.11. The van der Waals surface area contributed by atoms with Gasteiger partial charge in [-0.2, -0.15) is 0 Å². The topological polar surface area (TPSA) is 54.0 Å². The molecule has 1 atom stereocenters. The van der Waals surface area contributed by atoms with Crippen LogP contribution in [0.1, 0.15) is 30.9 Å². The highest BCUT2D eigenvalue weighted by Crippen LogP contribution is 2.34. The van der Waals surface area contributed by atoms with Gasteiger partial charge in [0.2, 0.25) is 6.79 Å². The first-order valence-corrected chi connectivity index (χ1v) is 7.83. The third-order valence-corrected chi connectivity index (χ3v) is 4.17. The number of benzene rings is 1. The molecule has 1 unspecified atom stereocenters. The summed E-state index contributed by atoms with van der Waals surface area (Å²) in [5.74, 6) is 1.48. The van der Waals surface area contributed by atoms with Gasteiger partial charge >= 0.3 is 0 Å². The maximum atomic E-state index is 10.2. The van der Waals surface area contributed by atoms with Crippen LogP contribution in [-0.4, -0.2) is 49.5 Å². The lowest BCUT2D eigenvalue weighted by atomic mass is 10.1. The summed E-state index contributed by atoms with van der Waals surface area (Å²) in [6.45, 7) is 5.24. The van der Waals surface area contributed by atoms with E-state index in [1.54, 1.807) is 0 Å². The Balaban J connectivity index is 1.40. The fourth-order valence-corrected chi connectivity index (χ4v) is 2.90. The zero-order valence-electron chi connectivity index (χ0n) is 12.4. The third-order valence-electron chi connectivity index (χ3n) is 4.17. The Morgan fingerprint density at radius 1 is 1.14 bits per heavy atom. The number of hydrogen-bond donors (Lipinski definition) is 2. The fraction of sp³-hybridized carbons (Fsp3) is 0.625. The lowest BCUT2D eigenvalue weighted by Crippen LogP contribution is -2.36. The van der Waals surface area contributed by atoms with Gasteiger partial charge < -0.3 is 24.8 Å². The van der Waals surface area contributed by atoms with Crippen molar-refractivity contribution in [1.82, 2.24) is 10.2 Å². The van der Waals surface area contributed by atoms with Crippen molar-refractivity contribution in [3.8, 4) is 11.5 Å². The van der Waals surface area contributed by atoms with Crippen LogP contribution >= 0.6 is 0 Å². The highest BCUT2D eigenvalue weighted by Gasteiger charge is 2.16. The molecule has 0 aromatic heterocycles. The number of nitrogens with one attached hydrogen (secondary N) is 1. The summed E-state index contributed by atoms with van der Waals surface area (Å²) in [5, 5.41) is 13.6. The van der Waals surface area contributed by atoms with Gasteiger partial charge in [0.1, 0.15) is 0 Å². The molecule has 0 saturated carbocycles. The molecule has 1 aromatic rings. The molecule has 0 amide bonds. The van der Waals surface area contributed by atoms with Crippen LogP contribution in [0.15, 0.2) is 18.2 Å². The largest absolute Gasteiger partial charge is 0.454 e. The van der Waals surface area contributed by atoms with Gasteiger partial charge in [-0.1, -0.05) is 12.5 Å². The van der Waals surface area contributed by atoms with Gasteiger partial charge in [-0.05, 0) is 43.6 Å². The Morgan fingerprint density at radius 3 is 2.81 bits per heavy atom. The smallest absolute Gasteiger partial charge is 0.231 e. The van der Waals surface area contributed by atoms with E-state index in [1.807, 2.05) is 18.2 Å². The molecular weight excluding hydrogens is 268 g/mol. The first-order chi connectivity index (χ1) is 10.3. The highest BCUT2D eigenvalue weighted by atomic mass is 16.7. The van der Waals surface area contributed by atoms with Crippen LogP contribution < -0.4 is 14.8 Å². The van der Waals surface area contributed by atoms with Crippen LogP contribution in [-0.2, 0) is 0 Å². The summed E-state index contributed by atoms with van der Waals surface area (Å²) in [6.07, 6.45) is 3.49. The molecule has 1 saturated heterocycles. The van der Waals surface area contributed by atoms with Gasteiger partial charge in [0, 0.05) is 19.6 Å². The van der Waals surface area contributed by atoms with E-state index in [-0.39, 0.29) is 6.79 Å². The molecule has 5 heteroatoms. The van der Waals surface area contributed by atoms with Crippen LogP contribution in [0.5, 0.6) is 11.5 Å². The van der Waals surface area contributed by atoms with E-state index in [1.165, 1.54) is 32.4 Å². The predicted molar refractivity (Wildman–Crippen MR) is 80.7 cm³/mol. The van der Waals surface area contributed by atoms with Crippen LogP contribution in [0, 0.1) is 0 Å². The Morgan fingerprint density at radius 2 is 1.95 bits per heavy atom. The van der Waals surface area contributed by atoms with E-state index in [0.29, 0.717) is 6.54 Å². The van der Waals surface area contributed by atoms with E-state index in [9.17, 15) is 5.11 Å². The quantitative estimate of drug-likeness (QED) is 0.779. The number of nitrogens with zero attached hydrogens (tertiary/aromatic N) is 1. The Kier molecular flexibility index (Phi) is 4.95. The summed E-state index contributed by atoms with van der Waals surface area (Å²) in [4.78, 5) is 2.49. The zero-order valence-corrected chi connectivity index (χ0v) is 12.4. The number of hydrogen-bond acceptors (Lipinski definition) is 5. The lowest BCUT2D eigenvalue weighted by molar-refractivity contribution is 0.167. The monoisotopic (exact) mass is 292 g/mol. The summed E-state index contributed by atoms with van der Waals surface area (Å²) in [7, 11) is 0. The van der Waals surface area contributed by atoms with Crippen molar-refractivity contribution in [2.75, 3.05) is 39.5 Å². The highest BCUT2D eigenvalue weighted by molar-refractivity contribution is 5.45. The number of piperidine rings is 1. The van der Waals surface area contributed by atoms with Crippen molar-refractivity contribution in [2.24, 2.45) is 0 Å². The maximum Gasteiger partial charge on any atom is 0.231 e. The SMILES string of the molecule is OC(CNCCN1CCCCC1)c1ccc2c(c1)OCO2. The van der Waals surface area contributed by atoms with Crippen molar-refractivity contribution in [2.45, 2.75) is 25.4 Å². The van der Waals surface area contributed by atoms with Crippen molar-refractivity contribution in [3.05, 3.63) is 23.8 Å². The number of likely N-dealkylation sites (tertiary alicyclic amines) is 1. The van der Waals surface area contributed by atoms with Gasteiger partial charge in [-0.15, -0.1) is 0 Å². The summed E-state index contributed by atoms with van der Waals surface area (Å²) < 4.78 is 10.6. The fourth-order valence-electron chi connectivity index (χ4n) is 2.90. The zero-order chi connectivity index (χ0) is 14.5. The van der Waals surface area contributed by atoms with Crippen LogP contribution in [0.4, 0.5) is 0 Å². The molecule has 0 aliphatic carbocycles. The number of aliphatic hydroxyl groups is 1. The van der Waals surface area contributed by atoms with E-state index in [0.717, 1.165) is 30.2 Å². The number of fused-ring (bicyclic) bond motifs is 1. The van der Waals surface area contributed by atoms with Crippen molar-refractivity contribution in [1.29, 1.82) is 0 Å². The van der Waals surface area contributed by atoms with Crippen molar-refractivity contribution in [3.63, 3.8) is 0 Å². The van der Waals surface area contributed by atoms with Gasteiger partial charge in [0.25, 0.3) is 0 Å². The molecule has 2 N–H and O–H groups in total. The predicted octanol–water partition coefficient (Wildman–Crippen LogP) is 1.52. The van der Waals surface area contributed by atoms with Gasteiger partial charge in [-0.3, -0.25) is 0 Å². The maximum absolute atomic E-state index is 10.2. The standard InChI is InChI=1S/C16H24N2O3/c19-14(11-17-6-9-18-7-2-1-3-8-18)13-4-5-15-16(10-13)21-12-20-15/h4-5,10,14,17,19H,1-3,6-9,11-12H2. The van der Waals surface area contributed by atoms with E-state index >= 15 is 0 Å². The summed E-state index contributed by atoms with van der Waals surface area (Å²) >= 11 is 0. The molecule has 116 valence electrons. The molecule has 0 spiro atoms. The number of aliphatic hydroxyl groups excluding tert-OH is 1. The summed E-state index contributed by atoms with van der Waals surface area (Å²) in [6, 6.07) is 5.61. The Labute approximate surface area is 125 Å². The minimum absolute atomic E-state index is 0.267. The Bertz CT molecular complexity index is 461. The molecule has 2 heterocycles. The van der Waals surface area contributed by atoms with Gasteiger partial charge in [0.15, 0.2) is 11.5 Å². The molecule has 2 aliphatic rings. The molecular formula is C16H24N2O3. The van der Waals surface area contributed by atoms with Crippen molar-refractivity contribution < 1.29 is 14.6 Å². The van der Waals surface area contributed by atoms with Crippen LogP contribution in [0.3, 0.4) is 0 Å². The van der Waals surface area contributed by atoms with E-state index < -0.39 is 6.10 Å². The molecule has 2 aliphatic heterocycles. The molecule has 1 fully saturated rings. The van der Waals surface area contributed by atoms with E-state index in [2.05, 4.69) is 10.2 Å². The van der Waals surface area contributed by atoms with E-state index in [4.69, 9.17) is 9.47 Å². The molecule has 3 rings (SSSR count). The van der Waals surface area contributed by atoms with Gasteiger partial charge in [0.05, 0.1) is 6.10 Å². The van der Waals surface area contributed by atoms with Gasteiger partial charge in [-0.25, -0.2) is 0 Å². The first-order valence-electron chi connectivity index (χ1n) is 7.83. The lowest BCUT2D eigenvalue weighted by Gasteiger charge is -2.26. The molecule has 0 radical (unpaired) electrons. The van der Waals surface area contributed by atoms with Crippen LogP contribution in [0.25, 0.3) is 0 Å². The third kappa shape index (κ3) is 3.87. The first kappa shape index (κ1) is 14.6. The van der Waals surface area contributed by atoms with Crippen molar-refractivity contribution >= 4 is 0 Å². The number of ether oxygens (including phenoxy) is 2. The summed E-state index contributed by atoms with van der Waals surface area (Å²) in [5.41, 5.74) is 0.865. The average molecular weight is 292 g/mol. The molecule has 0 bridgehead atoms. The average Bonchev–Trinajstić information content (AvgIpc) is 3.00. The number of rotatable bonds is 6. The molecule has 21 heavy (non-hydrogen) atoms. The molecule has 1 aromatic carbocycles. The molecule has 5 nitrogen and oxygen atoms in total. The second-order valence-electron chi connectivity index (χ2n) is 5.73. The Hall–Kier alpha value is -1.30. The minimum Gasteiger partial charge on any atom is -0.454 e. The van der Waals surface area contributed by atoms with Crippen LogP contribution in [0.2, 0.25) is 0 Å². The minimum atomic E-state index is -0.513. The normalized spacial score (nSPS) is 19.7. The second-order valence-corrected chi connectivity index (χ2v) is 5.73.